The van der Waals surface area contributed by atoms with Gasteiger partial charge in [-0.15, -0.1) is 0 Å². The molecule has 0 spiro atoms. The van der Waals surface area contributed by atoms with Gasteiger partial charge in [-0.05, 0) is 19.4 Å². The Kier molecular flexibility index (Phi) is 6.08. The van der Waals surface area contributed by atoms with Crippen molar-refractivity contribution in [2.75, 3.05) is 0 Å². The molecule has 3 N–H and O–H groups in total. The zero-order valence-corrected chi connectivity index (χ0v) is 11.0. The summed E-state index contributed by atoms with van der Waals surface area (Å²) in [6.07, 6.45) is 1.66. The van der Waals surface area contributed by atoms with Gasteiger partial charge in [0.25, 0.3) is 0 Å². The zero-order chi connectivity index (χ0) is 15.0. The molecule has 1 rings (SSSR count). The summed E-state index contributed by atoms with van der Waals surface area (Å²) in [5, 5.41) is 13.0. The molecule has 0 unspecified atom stereocenters. The fraction of sp³-hybridized carbons (Fsp3) is 0.417. The molecule has 0 aliphatic rings. The van der Waals surface area contributed by atoms with Crippen molar-refractivity contribution >= 4 is 17.9 Å². The van der Waals surface area contributed by atoms with Gasteiger partial charge in [0.05, 0.1) is 12.2 Å². The molecule has 3 amide bonds. The van der Waals surface area contributed by atoms with Crippen molar-refractivity contribution in [3.8, 4) is 0 Å². The normalized spacial score (nSPS) is 9.85. The number of nitrogens with zero attached hydrogens (tertiary/aromatic N) is 2. The van der Waals surface area contributed by atoms with Crippen molar-refractivity contribution in [1.29, 1.82) is 0 Å². The maximum atomic E-state index is 11.4. The number of nitrogens with one attached hydrogen (secondary N) is 2. The first-order valence-electron chi connectivity index (χ1n) is 6.05. The van der Waals surface area contributed by atoms with E-state index in [1.807, 2.05) is 0 Å². The number of carboxylic acid groups (broad SMARTS) is 1. The standard InChI is InChI=1S/C12H16N4O4/c1-8-13-6-5-9(15-8)7-14-12(20)16-10(17)3-2-4-11(18)19/h5-6H,2-4,7H2,1H3,(H,18,19)(H2,14,16,17,20). The van der Waals surface area contributed by atoms with Crippen LogP contribution in [0.5, 0.6) is 0 Å². The topological polar surface area (TPSA) is 121 Å². The first-order valence-corrected chi connectivity index (χ1v) is 6.05. The van der Waals surface area contributed by atoms with Crippen LogP contribution in [0.1, 0.15) is 30.8 Å². The van der Waals surface area contributed by atoms with Crippen molar-refractivity contribution < 1.29 is 19.5 Å². The van der Waals surface area contributed by atoms with Gasteiger partial charge in [-0.25, -0.2) is 14.8 Å². The van der Waals surface area contributed by atoms with Crippen LogP contribution in [0.15, 0.2) is 12.3 Å². The number of carbonyl (C=O) groups excluding carboxylic acids is 2. The van der Waals surface area contributed by atoms with Crippen LogP contribution in [0.3, 0.4) is 0 Å². The minimum absolute atomic E-state index is 0.00760. The fourth-order valence-electron chi connectivity index (χ4n) is 1.41. The minimum atomic E-state index is -0.971. The summed E-state index contributed by atoms with van der Waals surface area (Å²) < 4.78 is 0. The first-order chi connectivity index (χ1) is 9.47. The number of urea groups is 1. The van der Waals surface area contributed by atoms with Gasteiger partial charge < -0.3 is 10.4 Å². The van der Waals surface area contributed by atoms with E-state index in [0.717, 1.165) is 0 Å². The SMILES string of the molecule is Cc1nccc(CNC(=O)NC(=O)CCCC(=O)O)n1. The third-order valence-electron chi connectivity index (χ3n) is 2.31. The summed E-state index contributed by atoms with van der Waals surface area (Å²) in [6, 6.07) is 1.02. The van der Waals surface area contributed by atoms with Gasteiger partial charge in [0.15, 0.2) is 0 Å². The second-order valence-corrected chi connectivity index (χ2v) is 4.07. The predicted octanol–water partition coefficient (Wildman–Crippen LogP) is 0.366. The molecule has 1 aromatic rings. The molecule has 0 saturated carbocycles. The van der Waals surface area contributed by atoms with E-state index in [4.69, 9.17) is 5.11 Å². The lowest BCUT2D eigenvalue weighted by atomic mass is 10.2. The van der Waals surface area contributed by atoms with Crippen molar-refractivity contribution in [1.82, 2.24) is 20.6 Å². The summed E-state index contributed by atoms with van der Waals surface area (Å²) in [7, 11) is 0. The summed E-state index contributed by atoms with van der Waals surface area (Å²) >= 11 is 0. The minimum Gasteiger partial charge on any atom is -0.481 e. The van der Waals surface area contributed by atoms with Crippen LogP contribution in [-0.2, 0) is 16.1 Å². The maximum Gasteiger partial charge on any atom is 0.321 e. The van der Waals surface area contributed by atoms with Gasteiger partial charge in [0.1, 0.15) is 5.82 Å². The molecule has 0 fully saturated rings. The average Bonchev–Trinajstić information content (AvgIpc) is 2.36. The lowest BCUT2D eigenvalue weighted by Crippen LogP contribution is -2.39. The third kappa shape index (κ3) is 6.43. The molecule has 20 heavy (non-hydrogen) atoms. The Morgan fingerprint density at radius 2 is 2.05 bits per heavy atom. The Morgan fingerprint density at radius 1 is 1.30 bits per heavy atom. The highest BCUT2D eigenvalue weighted by atomic mass is 16.4. The molecule has 0 bridgehead atoms. The highest BCUT2D eigenvalue weighted by molar-refractivity contribution is 5.94. The Morgan fingerprint density at radius 3 is 2.70 bits per heavy atom. The quantitative estimate of drug-likeness (QED) is 0.692. The highest BCUT2D eigenvalue weighted by Crippen LogP contribution is 1.96. The van der Waals surface area contributed by atoms with Gasteiger partial charge >= 0.3 is 12.0 Å². The van der Waals surface area contributed by atoms with E-state index < -0.39 is 17.9 Å². The van der Waals surface area contributed by atoms with E-state index in [9.17, 15) is 14.4 Å². The first kappa shape index (κ1) is 15.5. The van der Waals surface area contributed by atoms with Crippen LogP contribution in [0.4, 0.5) is 4.79 Å². The molecular weight excluding hydrogens is 264 g/mol. The number of aliphatic carboxylic acids is 1. The number of aromatic nitrogens is 2. The van der Waals surface area contributed by atoms with Gasteiger partial charge in [0, 0.05) is 19.0 Å². The molecule has 0 atom stereocenters. The fourth-order valence-corrected chi connectivity index (χ4v) is 1.41. The summed E-state index contributed by atoms with van der Waals surface area (Å²) in [4.78, 5) is 41.0. The van der Waals surface area contributed by atoms with Gasteiger partial charge in [-0.1, -0.05) is 0 Å². The Balaban J connectivity index is 2.26. The second-order valence-electron chi connectivity index (χ2n) is 4.07. The maximum absolute atomic E-state index is 11.4. The van der Waals surface area contributed by atoms with Crippen LogP contribution in [0, 0.1) is 6.92 Å². The van der Waals surface area contributed by atoms with Crippen molar-refractivity contribution in [3.63, 3.8) is 0 Å². The molecule has 0 aliphatic heterocycles. The Labute approximate surface area is 115 Å². The number of aryl methyl sites for hydroxylation is 1. The number of carboxylic acids is 1. The van der Waals surface area contributed by atoms with Crippen molar-refractivity contribution in [3.05, 3.63) is 23.8 Å². The highest BCUT2D eigenvalue weighted by Gasteiger charge is 2.08. The van der Waals surface area contributed by atoms with E-state index in [2.05, 4.69) is 20.6 Å². The molecule has 0 aromatic carbocycles. The number of imide groups is 1. The molecule has 1 heterocycles. The predicted molar refractivity (Wildman–Crippen MR) is 68.6 cm³/mol. The molecule has 8 nitrogen and oxygen atoms in total. The van der Waals surface area contributed by atoms with E-state index in [1.54, 1.807) is 19.2 Å². The van der Waals surface area contributed by atoms with Crippen LogP contribution < -0.4 is 10.6 Å². The second kappa shape index (κ2) is 7.82. The lowest BCUT2D eigenvalue weighted by Gasteiger charge is -2.06. The molecule has 108 valence electrons. The molecule has 0 saturated heterocycles. The lowest BCUT2D eigenvalue weighted by molar-refractivity contribution is -0.137. The smallest absolute Gasteiger partial charge is 0.321 e. The number of hydrogen-bond donors (Lipinski definition) is 3. The van der Waals surface area contributed by atoms with E-state index in [-0.39, 0.29) is 25.8 Å². The third-order valence-corrected chi connectivity index (χ3v) is 2.31. The summed E-state index contributed by atoms with van der Waals surface area (Å²) in [5.74, 6) is -0.890. The zero-order valence-electron chi connectivity index (χ0n) is 11.0. The molecule has 8 heteroatoms. The molecule has 1 aromatic heterocycles. The monoisotopic (exact) mass is 280 g/mol. The van der Waals surface area contributed by atoms with Crippen molar-refractivity contribution in [2.45, 2.75) is 32.7 Å². The Hall–Kier alpha value is -2.51. The van der Waals surface area contributed by atoms with Crippen LogP contribution >= 0.6 is 0 Å². The van der Waals surface area contributed by atoms with Crippen LogP contribution in [-0.4, -0.2) is 33.0 Å². The number of hydrogen-bond acceptors (Lipinski definition) is 5. The average molecular weight is 280 g/mol. The van der Waals surface area contributed by atoms with Gasteiger partial charge in [-0.2, -0.15) is 0 Å². The van der Waals surface area contributed by atoms with E-state index >= 15 is 0 Å². The molecular formula is C12H16N4O4. The number of rotatable bonds is 6. The summed E-state index contributed by atoms with van der Waals surface area (Å²) in [5.41, 5.74) is 0.631. The van der Waals surface area contributed by atoms with Gasteiger partial charge in [0.2, 0.25) is 5.91 Å². The number of amides is 3. The van der Waals surface area contributed by atoms with Gasteiger partial charge in [-0.3, -0.25) is 14.9 Å². The van der Waals surface area contributed by atoms with E-state index in [1.165, 1.54) is 0 Å². The van der Waals surface area contributed by atoms with Crippen LogP contribution in [0.2, 0.25) is 0 Å². The summed E-state index contributed by atoms with van der Waals surface area (Å²) in [6.45, 7) is 1.91. The Bertz CT molecular complexity index is 504. The molecule has 0 radical (unpaired) electrons. The molecule has 0 aliphatic carbocycles. The van der Waals surface area contributed by atoms with E-state index in [0.29, 0.717) is 11.5 Å². The largest absolute Gasteiger partial charge is 0.481 e. The van der Waals surface area contributed by atoms with Crippen molar-refractivity contribution in [2.24, 2.45) is 0 Å². The van der Waals surface area contributed by atoms with Crippen LogP contribution in [0.25, 0.3) is 0 Å². The number of carbonyl (C=O) groups is 3.